The number of hydrogen-bond acceptors (Lipinski definition) is 5. The highest BCUT2D eigenvalue weighted by Gasteiger charge is 2.76. The summed E-state index contributed by atoms with van der Waals surface area (Å²) in [6, 6.07) is 0. The first-order chi connectivity index (χ1) is 12.0. The summed E-state index contributed by atoms with van der Waals surface area (Å²) in [6.07, 6.45) is -12.7. The minimum Gasteiger partial charge on any atom is -0.376 e. The predicted octanol–water partition coefficient (Wildman–Crippen LogP) is 2.33. The molecule has 0 radical (unpaired) electrons. The summed E-state index contributed by atoms with van der Waals surface area (Å²) < 4.78 is 126. The second-order valence-corrected chi connectivity index (χ2v) is 5.73. The molecule has 3 unspecified atom stereocenters. The zero-order valence-corrected chi connectivity index (χ0v) is 13.1. The first-order valence-corrected chi connectivity index (χ1v) is 7.45. The Kier molecular flexibility index (Phi) is 6.70. The zero-order chi connectivity index (χ0) is 19.6. The molecule has 0 aromatic carbocycles. The fourth-order valence-electron chi connectivity index (χ4n) is 1.67. The molecule has 2 aliphatic heterocycles. The van der Waals surface area contributed by atoms with Crippen molar-refractivity contribution in [2.24, 2.45) is 0 Å². The fourth-order valence-corrected chi connectivity index (χ4v) is 1.67. The van der Waals surface area contributed by atoms with Gasteiger partial charge in [0.1, 0.15) is 18.3 Å². The van der Waals surface area contributed by atoms with Crippen LogP contribution in [0.15, 0.2) is 0 Å². The molecule has 0 bridgehead atoms. The van der Waals surface area contributed by atoms with Gasteiger partial charge in [0.05, 0.1) is 39.6 Å². The van der Waals surface area contributed by atoms with Gasteiger partial charge in [-0.1, -0.05) is 0 Å². The fraction of sp³-hybridized carbons (Fsp3) is 1.00. The minimum absolute atomic E-state index is 0.0792. The van der Waals surface area contributed by atoms with E-state index in [1.807, 2.05) is 0 Å². The molecule has 2 heterocycles. The summed E-state index contributed by atoms with van der Waals surface area (Å²) >= 11 is 0. The molecule has 2 saturated heterocycles. The van der Waals surface area contributed by atoms with Crippen molar-refractivity contribution >= 4 is 0 Å². The molecule has 154 valence electrons. The van der Waals surface area contributed by atoms with Gasteiger partial charge in [-0.3, -0.25) is 0 Å². The van der Waals surface area contributed by atoms with Crippen LogP contribution in [0, 0.1) is 0 Å². The molecule has 0 aromatic rings. The molecule has 5 nitrogen and oxygen atoms in total. The minimum atomic E-state index is -6.43. The van der Waals surface area contributed by atoms with E-state index in [0.717, 1.165) is 0 Å². The van der Waals surface area contributed by atoms with Crippen LogP contribution in [0.2, 0.25) is 0 Å². The number of ether oxygens (including phenoxy) is 5. The smallest absolute Gasteiger partial charge is 0.376 e. The maximum atomic E-state index is 13.4. The van der Waals surface area contributed by atoms with Gasteiger partial charge in [-0.25, -0.2) is 8.78 Å². The second kappa shape index (κ2) is 8.09. The van der Waals surface area contributed by atoms with Gasteiger partial charge in [0.25, 0.3) is 0 Å². The molecule has 13 heteroatoms. The topological polar surface area (TPSA) is 52.8 Å². The monoisotopic (exact) mass is 404 g/mol. The molecule has 0 N–H and O–H groups in total. The van der Waals surface area contributed by atoms with Gasteiger partial charge in [-0.05, 0) is 0 Å². The van der Waals surface area contributed by atoms with Crippen molar-refractivity contribution < 1.29 is 58.8 Å². The number of rotatable bonds is 13. The van der Waals surface area contributed by atoms with Crippen LogP contribution in [0.25, 0.3) is 0 Å². The van der Waals surface area contributed by atoms with Crippen LogP contribution in [0.1, 0.15) is 0 Å². The molecule has 0 amide bonds. The Balaban J connectivity index is 1.89. The number of epoxide rings is 2. The molecular formula is C13H16F8O5. The van der Waals surface area contributed by atoms with Crippen LogP contribution < -0.4 is 0 Å². The lowest BCUT2D eigenvalue weighted by molar-refractivity contribution is -0.415. The van der Waals surface area contributed by atoms with Crippen molar-refractivity contribution in [2.45, 2.75) is 42.7 Å². The molecule has 26 heavy (non-hydrogen) atoms. The standard InChI is InChI=1S/C13H16F8O5/c14-10(15)11(16,17)12(18,19)13(20,21)26-6-8(24-4-9-5-25-9)2-22-1-7-3-23-7/h7-10H,1-6H2. The molecule has 2 aliphatic rings. The van der Waals surface area contributed by atoms with Crippen molar-refractivity contribution in [2.75, 3.05) is 39.6 Å². The van der Waals surface area contributed by atoms with Crippen LogP contribution in [-0.4, -0.2) is 82.3 Å². The Morgan fingerprint density at radius 3 is 1.92 bits per heavy atom. The van der Waals surface area contributed by atoms with Crippen LogP contribution in [0.4, 0.5) is 35.1 Å². The van der Waals surface area contributed by atoms with Crippen LogP contribution in [0.5, 0.6) is 0 Å². The molecule has 0 aliphatic carbocycles. The lowest BCUT2D eigenvalue weighted by atomic mass is 10.1. The van der Waals surface area contributed by atoms with E-state index in [1.54, 1.807) is 0 Å². The van der Waals surface area contributed by atoms with E-state index in [2.05, 4.69) is 4.74 Å². The van der Waals surface area contributed by atoms with E-state index >= 15 is 0 Å². The molecule has 2 fully saturated rings. The van der Waals surface area contributed by atoms with Crippen molar-refractivity contribution in [1.82, 2.24) is 0 Å². The van der Waals surface area contributed by atoms with E-state index in [1.165, 1.54) is 0 Å². The van der Waals surface area contributed by atoms with Crippen molar-refractivity contribution in [3.05, 3.63) is 0 Å². The highest BCUT2D eigenvalue weighted by atomic mass is 19.4. The van der Waals surface area contributed by atoms with Crippen molar-refractivity contribution in [3.63, 3.8) is 0 Å². The van der Waals surface area contributed by atoms with Gasteiger partial charge in [-0.2, -0.15) is 26.3 Å². The van der Waals surface area contributed by atoms with Crippen molar-refractivity contribution in [1.29, 1.82) is 0 Å². The summed E-state index contributed by atoms with van der Waals surface area (Å²) in [5.74, 6) is -12.7. The van der Waals surface area contributed by atoms with E-state index in [-0.39, 0.29) is 32.0 Å². The quantitative estimate of drug-likeness (QED) is 0.349. The largest absolute Gasteiger partial charge is 0.426 e. The summed E-state index contributed by atoms with van der Waals surface area (Å²) in [5, 5.41) is 0. The summed E-state index contributed by atoms with van der Waals surface area (Å²) in [6.45, 7) is -0.911. The maximum absolute atomic E-state index is 13.4. The first-order valence-electron chi connectivity index (χ1n) is 7.45. The summed E-state index contributed by atoms with van der Waals surface area (Å²) in [5.41, 5.74) is 0. The third kappa shape index (κ3) is 5.38. The van der Waals surface area contributed by atoms with Crippen LogP contribution in [-0.2, 0) is 23.7 Å². The van der Waals surface area contributed by atoms with Gasteiger partial charge in [0.2, 0.25) is 0 Å². The molecule has 2 rings (SSSR count). The predicted molar refractivity (Wildman–Crippen MR) is 66.8 cm³/mol. The summed E-state index contributed by atoms with van der Waals surface area (Å²) in [4.78, 5) is 0. The van der Waals surface area contributed by atoms with E-state index in [9.17, 15) is 35.1 Å². The Hall–Kier alpha value is -0.760. The molecule has 0 saturated carbocycles. The van der Waals surface area contributed by atoms with Gasteiger partial charge in [0, 0.05) is 0 Å². The average Bonchev–Trinajstić information content (AvgIpc) is 3.43. The lowest BCUT2D eigenvalue weighted by Crippen LogP contribution is -2.59. The Bertz CT molecular complexity index is 456. The normalized spacial score (nSPS) is 24.8. The van der Waals surface area contributed by atoms with Gasteiger partial charge >= 0.3 is 24.4 Å². The Morgan fingerprint density at radius 2 is 1.42 bits per heavy atom. The molecule has 0 aromatic heterocycles. The Labute approximate surface area is 142 Å². The number of hydrogen-bond donors (Lipinski definition) is 0. The SMILES string of the molecule is FC(F)C(F)(F)C(F)(F)C(F)(F)OCC(COCC1CO1)OCC1CO1. The zero-order valence-electron chi connectivity index (χ0n) is 13.1. The third-order valence-corrected chi connectivity index (χ3v) is 3.44. The highest BCUT2D eigenvalue weighted by Crippen LogP contribution is 2.49. The van der Waals surface area contributed by atoms with Crippen LogP contribution in [0.3, 0.4) is 0 Å². The van der Waals surface area contributed by atoms with E-state index in [4.69, 9.17) is 18.9 Å². The third-order valence-electron chi connectivity index (χ3n) is 3.44. The van der Waals surface area contributed by atoms with E-state index < -0.39 is 37.1 Å². The molecular weight excluding hydrogens is 388 g/mol. The molecule has 3 atom stereocenters. The van der Waals surface area contributed by atoms with Crippen LogP contribution >= 0.6 is 0 Å². The first kappa shape index (κ1) is 21.5. The number of alkyl halides is 8. The second-order valence-electron chi connectivity index (χ2n) is 5.73. The summed E-state index contributed by atoms with van der Waals surface area (Å²) in [7, 11) is 0. The highest BCUT2D eigenvalue weighted by molar-refractivity contribution is 4.93. The molecule has 0 spiro atoms. The van der Waals surface area contributed by atoms with Gasteiger partial charge in [-0.15, -0.1) is 0 Å². The lowest BCUT2D eigenvalue weighted by Gasteiger charge is -2.32. The Morgan fingerprint density at radius 1 is 0.885 bits per heavy atom. The van der Waals surface area contributed by atoms with E-state index in [0.29, 0.717) is 13.2 Å². The average molecular weight is 404 g/mol. The van der Waals surface area contributed by atoms with Gasteiger partial charge in [0.15, 0.2) is 0 Å². The van der Waals surface area contributed by atoms with Crippen molar-refractivity contribution in [3.8, 4) is 0 Å². The van der Waals surface area contributed by atoms with Gasteiger partial charge < -0.3 is 23.7 Å². The number of halogens is 8. The maximum Gasteiger partial charge on any atom is 0.426 e.